The fraction of sp³-hybridized carbons (Fsp3) is 0.235. The van der Waals surface area contributed by atoms with Gasteiger partial charge in [-0.2, -0.15) is 0 Å². The van der Waals surface area contributed by atoms with E-state index in [-0.39, 0.29) is 17.2 Å². The molecular weight excluding hydrogens is 326 g/mol. The van der Waals surface area contributed by atoms with Gasteiger partial charge < -0.3 is 14.3 Å². The van der Waals surface area contributed by atoms with Crippen LogP contribution in [0.25, 0.3) is 11.0 Å². The van der Waals surface area contributed by atoms with Gasteiger partial charge in [-0.05, 0) is 31.2 Å². The van der Waals surface area contributed by atoms with Gasteiger partial charge in [0.25, 0.3) is 5.56 Å². The van der Waals surface area contributed by atoms with E-state index >= 15 is 0 Å². The third-order valence-electron chi connectivity index (χ3n) is 3.52. The summed E-state index contributed by atoms with van der Waals surface area (Å²) in [4.78, 5) is 28.8. The zero-order chi connectivity index (χ0) is 16.9. The fourth-order valence-corrected chi connectivity index (χ4v) is 3.13. The highest BCUT2D eigenvalue weighted by molar-refractivity contribution is 7.99. The Morgan fingerprint density at radius 1 is 1.29 bits per heavy atom. The molecule has 124 valence electrons. The van der Waals surface area contributed by atoms with Crippen LogP contribution in [0.5, 0.6) is 0 Å². The molecular formula is C17H17N3O3S. The summed E-state index contributed by atoms with van der Waals surface area (Å²) in [5.74, 6) is 0.643. The number of amides is 1. The van der Waals surface area contributed by atoms with Crippen molar-refractivity contribution >= 4 is 28.7 Å². The first kappa shape index (κ1) is 16.3. The van der Waals surface area contributed by atoms with E-state index in [9.17, 15) is 9.59 Å². The third-order valence-corrected chi connectivity index (χ3v) is 4.46. The molecule has 0 radical (unpaired) electrons. The second-order valence-corrected chi connectivity index (χ2v) is 6.06. The number of nitrogens with one attached hydrogen (secondary N) is 1. The minimum absolute atomic E-state index is 0.130. The van der Waals surface area contributed by atoms with Crippen molar-refractivity contribution in [3.05, 3.63) is 58.8 Å². The predicted molar refractivity (Wildman–Crippen MR) is 93.0 cm³/mol. The van der Waals surface area contributed by atoms with Gasteiger partial charge in [0.15, 0.2) is 5.03 Å². The molecule has 0 saturated heterocycles. The van der Waals surface area contributed by atoms with Crippen LogP contribution in [0.3, 0.4) is 0 Å². The maximum atomic E-state index is 12.5. The van der Waals surface area contributed by atoms with Crippen molar-refractivity contribution in [2.45, 2.75) is 25.0 Å². The van der Waals surface area contributed by atoms with Crippen molar-refractivity contribution in [3.8, 4) is 0 Å². The highest BCUT2D eigenvalue weighted by atomic mass is 32.2. The summed E-state index contributed by atoms with van der Waals surface area (Å²) in [5.41, 5.74) is 1.38. The lowest BCUT2D eigenvalue weighted by Gasteiger charge is -2.09. The molecule has 24 heavy (non-hydrogen) atoms. The molecule has 1 amide bonds. The van der Waals surface area contributed by atoms with Crippen molar-refractivity contribution in [2.24, 2.45) is 0 Å². The standard InChI is InChI=1S/C17H17N3O3S/c1-2-20-14-8-4-3-7-13(14)19-16(17(20)22)24-11-15(21)18-10-12-6-5-9-23-12/h3-9H,2,10-11H2,1H3,(H,18,21). The second-order valence-electron chi connectivity index (χ2n) is 5.10. The predicted octanol–water partition coefficient (Wildman–Crippen LogP) is 2.42. The van der Waals surface area contributed by atoms with E-state index in [1.807, 2.05) is 31.2 Å². The number of nitrogens with zero attached hydrogens (tertiary/aromatic N) is 2. The molecule has 0 bridgehead atoms. The number of para-hydroxylation sites is 2. The number of rotatable bonds is 6. The molecule has 2 heterocycles. The van der Waals surface area contributed by atoms with Crippen LogP contribution in [0.2, 0.25) is 0 Å². The minimum atomic E-state index is -0.172. The molecule has 0 aliphatic heterocycles. The van der Waals surface area contributed by atoms with E-state index in [4.69, 9.17) is 4.42 Å². The summed E-state index contributed by atoms with van der Waals surface area (Å²) >= 11 is 1.15. The van der Waals surface area contributed by atoms with Gasteiger partial charge in [0.1, 0.15) is 5.76 Å². The maximum Gasteiger partial charge on any atom is 0.283 e. The summed E-state index contributed by atoms with van der Waals surface area (Å²) in [6.07, 6.45) is 1.56. The van der Waals surface area contributed by atoms with Crippen LogP contribution in [-0.2, 0) is 17.9 Å². The first-order chi connectivity index (χ1) is 11.7. The van der Waals surface area contributed by atoms with Crippen LogP contribution in [0.4, 0.5) is 0 Å². The topological polar surface area (TPSA) is 77.1 Å². The van der Waals surface area contributed by atoms with Crippen molar-refractivity contribution in [1.82, 2.24) is 14.9 Å². The number of aromatic nitrogens is 2. The lowest BCUT2D eigenvalue weighted by Crippen LogP contribution is -2.26. The number of benzene rings is 1. The molecule has 0 saturated carbocycles. The van der Waals surface area contributed by atoms with E-state index < -0.39 is 0 Å². The number of carbonyl (C=O) groups is 1. The average Bonchev–Trinajstić information content (AvgIpc) is 3.12. The van der Waals surface area contributed by atoms with Crippen molar-refractivity contribution in [3.63, 3.8) is 0 Å². The van der Waals surface area contributed by atoms with Gasteiger partial charge in [-0.15, -0.1) is 0 Å². The van der Waals surface area contributed by atoms with Gasteiger partial charge in [-0.25, -0.2) is 4.98 Å². The molecule has 0 unspecified atom stereocenters. The summed E-state index contributed by atoms with van der Waals surface area (Å²) in [6, 6.07) is 11.1. The highest BCUT2D eigenvalue weighted by Crippen LogP contribution is 2.16. The Kier molecular flexibility index (Phi) is 5.00. The molecule has 3 rings (SSSR count). The molecule has 0 atom stereocenters. The number of furan rings is 1. The van der Waals surface area contributed by atoms with Crippen LogP contribution in [0.1, 0.15) is 12.7 Å². The quantitative estimate of drug-likeness (QED) is 0.696. The molecule has 1 aromatic carbocycles. The van der Waals surface area contributed by atoms with Gasteiger partial charge in [0.05, 0.1) is 29.6 Å². The van der Waals surface area contributed by atoms with Gasteiger partial charge >= 0.3 is 0 Å². The summed E-state index contributed by atoms with van der Waals surface area (Å²) < 4.78 is 6.83. The van der Waals surface area contributed by atoms with Gasteiger partial charge in [0.2, 0.25) is 5.91 Å². The van der Waals surface area contributed by atoms with Crippen LogP contribution in [0.15, 0.2) is 56.9 Å². The lowest BCUT2D eigenvalue weighted by molar-refractivity contribution is -0.118. The summed E-state index contributed by atoms with van der Waals surface area (Å²) in [5, 5.41) is 3.09. The average molecular weight is 343 g/mol. The molecule has 0 spiro atoms. The fourth-order valence-electron chi connectivity index (χ4n) is 2.36. The second kappa shape index (κ2) is 7.35. The monoisotopic (exact) mass is 343 g/mol. The first-order valence-corrected chi connectivity index (χ1v) is 8.59. The van der Waals surface area contributed by atoms with Crippen LogP contribution in [0, 0.1) is 0 Å². The van der Waals surface area contributed by atoms with Crippen molar-refractivity contribution in [1.29, 1.82) is 0 Å². The van der Waals surface area contributed by atoms with E-state index in [2.05, 4.69) is 10.3 Å². The Bertz CT molecular complexity index is 903. The third kappa shape index (κ3) is 3.51. The smallest absolute Gasteiger partial charge is 0.283 e. The summed E-state index contributed by atoms with van der Waals surface area (Å²) in [7, 11) is 0. The number of aryl methyl sites for hydroxylation is 1. The molecule has 6 nitrogen and oxygen atoms in total. The Balaban J connectivity index is 1.72. The maximum absolute atomic E-state index is 12.5. The normalized spacial score (nSPS) is 10.9. The number of hydrogen-bond acceptors (Lipinski definition) is 5. The first-order valence-electron chi connectivity index (χ1n) is 7.60. The molecule has 7 heteroatoms. The Morgan fingerprint density at radius 3 is 2.88 bits per heavy atom. The van der Waals surface area contributed by atoms with E-state index in [0.29, 0.717) is 23.9 Å². The minimum Gasteiger partial charge on any atom is -0.467 e. The molecule has 0 fully saturated rings. The molecule has 1 N–H and O–H groups in total. The molecule has 2 aromatic heterocycles. The lowest BCUT2D eigenvalue weighted by atomic mass is 10.3. The Labute approximate surface area is 142 Å². The van der Waals surface area contributed by atoms with E-state index in [1.54, 1.807) is 23.0 Å². The summed E-state index contributed by atoms with van der Waals surface area (Å²) in [6.45, 7) is 2.80. The zero-order valence-corrected chi connectivity index (χ0v) is 14.0. The van der Waals surface area contributed by atoms with Crippen LogP contribution in [-0.4, -0.2) is 21.2 Å². The molecule has 3 aromatic rings. The largest absolute Gasteiger partial charge is 0.467 e. The SMILES string of the molecule is CCn1c(=O)c(SCC(=O)NCc2ccco2)nc2ccccc21. The van der Waals surface area contributed by atoms with Gasteiger partial charge in [0, 0.05) is 6.54 Å². The van der Waals surface area contributed by atoms with Crippen molar-refractivity contribution in [2.75, 3.05) is 5.75 Å². The van der Waals surface area contributed by atoms with E-state index in [0.717, 1.165) is 22.8 Å². The van der Waals surface area contributed by atoms with Gasteiger partial charge in [-0.3, -0.25) is 9.59 Å². The number of hydrogen-bond donors (Lipinski definition) is 1. The number of thioether (sulfide) groups is 1. The molecule has 0 aliphatic carbocycles. The van der Waals surface area contributed by atoms with E-state index in [1.165, 1.54) is 0 Å². The zero-order valence-electron chi connectivity index (χ0n) is 13.2. The Morgan fingerprint density at radius 2 is 2.12 bits per heavy atom. The Hall–Kier alpha value is -2.54. The number of carbonyl (C=O) groups excluding carboxylic acids is 1. The van der Waals surface area contributed by atoms with Crippen LogP contribution >= 0.6 is 11.8 Å². The van der Waals surface area contributed by atoms with Crippen LogP contribution < -0.4 is 10.9 Å². The molecule has 0 aliphatic rings. The number of fused-ring (bicyclic) bond motifs is 1. The van der Waals surface area contributed by atoms with Gasteiger partial charge in [-0.1, -0.05) is 23.9 Å². The van der Waals surface area contributed by atoms with Crippen molar-refractivity contribution < 1.29 is 9.21 Å². The highest BCUT2D eigenvalue weighted by Gasteiger charge is 2.12.